The summed E-state index contributed by atoms with van der Waals surface area (Å²) < 4.78 is 0. The minimum absolute atomic E-state index is 0.188. The molecular formula is C17H20BrNO2. The third-order valence-corrected chi connectivity index (χ3v) is 4.93. The zero-order valence-electron chi connectivity index (χ0n) is 12.2. The van der Waals surface area contributed by atoms with Crippen LogP contribution < -0.4 is 4.90 Å². The van der Waals surface area contributed by atoms with Crippen LogP contribution in [0.3, 0.4) is 0 Å². The number of aryl methyl sites for hydroxylation is 1. The summed E-state index contributed by atoms with van der Waals surface area (Å²) in [5, 5.41) is 1.00. The van der Waals surface area contributed by atoms with Gasteiger partial charge >= 0.3 is 0 Å². The molecule has 0 radical (unpaired) electrons. The number of rotatable bonds is 6. The molecule has 0 saturated heterocycles. The molecule has 1 amide bonds. The zero-order chi connectivity index (χ0) is 14.8. The molecule has 0 spiro atoms. The molecule has 2 aliphatic rings. The van der Waals surface area contributed by atoms with Gasteiger partial charge in [0.05, 0.1) is 12.1 Å². The number of hydrogen-bond donors (Lipinski definition) is 0. The number of anilines is 1. The van der Waals surface area contributed by atoms with Gasteiger partial charge in [0.1, 0.15) is 0 Å². The van der Waals surface area contributed by atoms with Crippen LogP contribution in [0.2, 0.25) is 0 Å². The van der Waals surface area contributed by atoms with E-state index in [0.29, 0.717) is 12.8 Å². The van der Waals surface area contributed by atoms with E-state index in [1.807, 2.05) is 17.0 Å². The predicted molar refractivity (Wildman–Crippen MR) is 87.4 cm³/mol. The van der Waals surface area contributed by atoms with Crippen LogP contribution in [0.4, 0.5) is 5.69 Å². The van der Waals surface area contributed by atoms with Crippen LogP contribution in [0.1, 0.15) is 53.6 Å². The smallest absolute Gasteiger partial charge is 0.231 e. The van der Waals surface area contributed by atoms with Gasteiger partial charge in [-0.15, -0.1) is 0 Å². The molecule has 0 saturated carbocycles. The lowest BCUT2D eigenvalue weighted by Crippen LogP contribution is -2.31. The number of carbonyl (C=O) groups is 2. The monoisotopic (exact) mass is 349 g/mol. The van der Waals surface area contributed by atoms with Crippen molar-refractivity contribution in [2.24, 2.45) is 0 Å². The van der Waals surface area contributed by atoms with E-state index in [9.17, 15) is 9.59 Å². The fraction of sp³-hybridized carbons (Fsp3) is 0.529. The number of nitrogens with zero attached hydrogens (tertiary/aromatic N) is 1. The summed E-state index contributed by atoms with van der Waals surface area (Å²) in [5.74, 6) is 0.410. The van der Waals surface area contributed by atoms with E-state index in [1.165, 1.54) is 5.56 Å². The number of halogens is 1. The molecule has 0 atom stereocenters. The fourth-order valence-corrected chi connectivity index (χ4v) is 3.74. The third kappa shape index (κ3) is 2.91. The molecule has 0 unspecified atom stereocenters. The Morgan fingerprint density at radius 3 is 2.81 bits per heavy atom. The van der Waals surface area contributed by atoms with Gasteiger partial charge in [-0.1, -0.05) is 22.4 Å². The van der Waals surface area contributed by atoms with Crippen LogP contribution in [-0.4, -0.2) is 23.6 Å². The first kappa shape index (κ1) is 14.8. The molecule has 0 aromatic heterocycles. The normalized spacial score (nSPS) is 16.2. The molecule has 2 heterocycles. The zero-order valence-corrected chi connectivity index (χ0v) is 13.7. The predicted octanol–water partition coefficient (Wildman–Crippen LogP) is 3.66. The summed E-state index contributed by atoms with van der Waals surface area (Å²) in [6.07, 6.45) is 6.21. The average molecular weight is 350 g/mol. The van der Waals surface area contributed by atoms with Crippen molar-refractivity contribution in [1.29, 1.82) is 0 Å². The first-order valence-electron chi connectivity index (χ1n) is 7.76. The summed E-state index contributed by atoms with van der Waals surface area (Å²) in [4.78, 5) is 26.3. The maximum atomic E-state index is 12.3. The van der Waals surface area contributed by atoms with Crippen LogP contribution in [0.25, 0.3) is 0 Å². The van der Waals surface area contributed by atoms with Crippen LogP contribution in [-0.2, 0) is 17.6 Å². The molecule has 3 rings (SSSR count). The van der Waals surface area contributed by atoms with Crippen LogP contribution in [0.15, 0.2) is 12.1 Å². The second-order valence-electron chi connectivity index (χ2n) is 5.89. The van der Waals surface area contributed by atoms with Crippen LogP contribution in [0.5, 0.6) is 0 Å². The maximum absolute atomic E-state index is 12.3. The van der Waals surface area contributed by atoms with Gasteiger partial charge < -0.3 is 4.90 Å². The van der Waals surface area contributed by atoms with Crippen molar-refractivity contribution in [2.45, 2.75) is 44.9 Å². The Hall–Kier alpha value is -1.16. The van der Waals surface area contributed by atoms with Crippen molar-refractivity contribution < 1.29 is 9.59 Å². The summed E-state index contributed by atoms with van der Waals surface area (Å²) in [6.45, 7) is 0.832. The number of alkyl halides is 1. The molecule has 1 aromatic carbocycles. The minimum Gasteiger partial charge on any atom is -0.312 e. The van der Waals surface area contributed by atoms with E-state index in [1.54, 1.807) is 0 Å². The van der Waals surface area contributed by atoms with Crippen molar-refractivity contribution >= 4 is 33.3 Å². The molecule has 0 fully saturated rings. The van der Waals surface area contributed by atoms with Crippen molar-refractivity contribution in [3.05, 3.63) is 28.8 Å². The molecule has 112 valence electrons. The molecule has 0 N–H and O–H groups in total. The first-order chi connectivity index (χ1) is 10.2. The van der Waals surface area contributed by atoms with Gasteiger partial charge in [-0.2, -0.15) is 0 Å². The SMILES string of the molecule is O=C(CCCCCBr)c1cc2c3c(c1)CC(=O)N3CCC2. The highest BCUT2D eigenvalue weighted by atomic mass is 79.9. The van der Waals surface area contributed by atoms with Gasteiger partial charge in [0.25, 0.3) is 0 Å². The quantitative estimate of drug-likeness (QED) is 0.446. The molecule has 0 aliphatic carbocycles. The van der Waals surface area contributed by atoms with Gasteiger partial charge in [0.2, 0.25) is 5.91 Å². The Balaban J connectivity index is 1.78. The van der Waals surface area contributed by atoms with E-state index in [4.69, 9.17) is 0 Å². The molecule has 4 heteroatoms. The lowest BCUT2D eigenvalue weighted by Gasteiger charge is -2.25. The highest BCUT2D eigenvalue weighted by Gasteiger charge is 2.32. The number of Topliss-reactive ketones (excluding diaryl/α,β-unsaturated/α-hetero) is 1. The van der Waals surface area contributed by atoms with E-state index in [0.717, 1.165) is 60.8 Å². The Labute approximate surface area is 133 Å². The highest BCUT2D eigenvalue weighted by Crippen LogP contribution is 2.37. The Morgan fingerprint density at radius 1 is 1.19 bits per heavy atom. The van der Waals surface area contributed by atoms with Gasteiger partial charge in [0.15, 0.2) is 5.78 Å². The second-order valence-corrected chi connectivity index (χ2v) is 6.68. The largest absolute Gasteiger partial charge is 0.312 e. The van der Waals surface area contributed by atoms with Crippen molar-refractivity contribution in [3.63, 3.8) is 0 Å². The molecule has 0 bridgehead atoms. The van der Waals surface area contributed by atoms with Crippen LogP contribution in [0, 0.1) is 0 Å². The standard InChI is InChI=1S/C17H20BrNO2/c18-7-3-1-2-6-15(20)13-9-12-5-4-8-19-16(21)11-14(10-13)17(12)19/h9-10H,1-8,11H2. The molecule has 3 nitrogen and oxygen atoms in total. The second kappa shape index (κ2) is 6.30. The topological polar surface area (TPSA) is 37.4 Å². The Bertz CT molecular complexity index is 582. The Kier molecular flexibility index (Phi) is 4.43. The summed E-state index contributed by atoms with van der Waals surface area (Å²) in [7, 11) is 0. The summed E-state index contributed by atoms with van der Waals surface area (Å²) >= 11 is 3.41. The molecular weight excluding hydrogens is 330 g/mol. The minimum atomic E-state index is 0.188. The fourth-order valence-electron chi connectivity index (χ4n) is 3.34. The van der Waals surface area contributed by atoms with E-state index in [2.05, 4.69) is 15.9 Å². The number of unbranched alkanes of at least 4 members (excludes halogenated alkanes) is 2. The molecule has 2 aliphatic heterocycles. The summed E-state index contributed by atoms with van der Waals surface area (Å²) in [5.41, 5.74) is 4.15. The van der Waals surface area contributed by atoms with Crippen molar-refractivity contribution in [2.75, 3.05) is 16.8 Å². The number of benzene rings is 1. The van der Waals surface area contributed by atoms with E-state index in [-0.39, 0.29) is 11.7 Å². The van der Waals surface area contributed by atoms with E-state index >= 15 is 0 Å². The summed E-state index contributed by atoms with van der Waals surface area (Å²) in [6, 6.07) is 3.98. The van der Waals surface area contributed by atoms with Gasteiger partial charge in [0, 0.05) is 23.9 Å². The van der Waals surface area contributed by atoms with Crippen molar-refractivity contribution in [1.82, 2.24) is 0 Å². The van der Waals surface area contributed by atoms with E-state index < -0.39 is 0 Å². The third-order valence-electron chi connectivity index (χ3n) is 4.37. The number of ketones is 1. The molecule has 1 aromatic rings. The van der Waals surface area contributed by atoms with Gasteiger partial charge in [-0.05, 0) is 48.9 Å². The van der Waals surface area contributed by atoms with Gasteiger partial charge in [-0.25, -0.2) is 0 Å². The average Bonchev–Trinajstić information content (AvgIpc) is 2.81. The first-order valence-corrected chi connectivity index (χ1v) is 8.88. The highest BCUT2D eigenvalue weighted by molar-refractivity contribution is 9.09. The lowest BCUT2D eigenvalue weighted by atomic mass is 9.94. The maximum Gasteiger partial charge on any atom is 0.231 e. The van der Waals surface area contributed by atoms with Gasteiger partial charge in [-0.3, -0.25) is 9.59 Å². The Morgan fingerprint density at radius 2 is 2.00 bits per heavy atom. The van der Waals surface area contributed by atoms with Crippen LogP contribution >= 0.6 is 15.9 Å². The lowest BCUT2D eigenvalue weighted by molar-refractivity contribution is -0.117. The number of hydrogen-bond acceptors (Lipinski definition) is 2. The molecule has 21 heavy (non-hydrogen) atoms. The number of carbonyl (C=O) groups excluding carboxylic acids is 2. The van der Waals surface area contributed by atoms with Crippen molar-refractivity contribution in [3.8, 4) is 0 Å². The number of amides is 1.